The number of aromatic nitrogens is 2. The van der Waals surface area contributed by atoms with Crippen LogP contribution in [-0.2, 0) is 6.42 Å². The molecule has 0 bridgehead atoms. The van der Waals surface area contributed by atoms with E-state index in [-0.39, 0.29) is 5.56 Å². The second-order valence-electron chi connectivity index (χ2n) is 4.50. The number of hydrogen-bond donors (Lipinski definition) is 1. The number of rotatable bonds is 3. The lowest BCUT2D eigenvalue weighted by molar-refractivity contribution is 0.0697. The third-order valence-corrected chi connectivity index (χ3v) is 3.34. The Hall–Kier alpha value is -2.33. The van der Waals surface area contributed by atoms with Gasteiger partial charge in [-0.25, -0.2) is 9.78 Å². The highest BCUT2D eigenvalue weighted by atomic mass is 35.5. The van der Waals surface area contributed by atoms with Gasteiger partial charge in [0.25, 0.3) is 0 Å². The zero-order valence-electron chi connectivity index (χ0n) is 10.5. The van der Waals surface area contributed by atoms with E-state index in [1.54, 1.807) is 24.5 Å². The molecule has 1 N–H and O–H groups in total. The highest BCUT2D eigenvalue weighted by molar-refractivity contribution is 6.30. The van der Waals surface area contributed by atoms with Crippen LogP contribution in [-0.4, -0.2) is 20.5 Å². The molecular formula is C15H11ClN2O2. The number of carbonyl (C=O) groups is 1. The topological polar surface area (TPSA) is 54.6 Å². The van der Waals surface area contributed by atoms with Crippen molar-refractivity contribution in [3.05, 3.63) is 70.8 Å². The molecule has 3 aromatic rings. The first-order valence-electron chi connectivity index (χ1n) is 6.07. The highest BCUT2D eigenvalue weighted by Crippen LogP contribution is 2.16. The van der Waals surface area contributed by atoms with Crippen molar-refractivity contribution in [2.24, 2.45) is 0 Å². The molecule has 0 spiro atoms. The molecular weight excluding hydrogens is 276 g/mol. The molecule has 0 amide bonds. The Bertz CT molecular complexity index is 795. The van der Waals surface area contributed by atoms with Crippen molar-refractivity contribution in [2.75, 3.05) is 0 Å². The minimum atomic E-state index is -0.940. The lowest BCUT2D eigenvalue weighted by atomic mass is 10.1. The fraction of sp³-hybridized carbons (Fsp3) is 0.0667. The summed E-state index contributed by atoms with van der Waals surface area (Å²) in [6.45, 7) is 0. The smallest absolute Gasteiger partial charge is 0.335 e. The molecule has 3 rings (SSSR count). The second-order valence-corrected chi connectivity index (χ2v) is 4.93. The van der Waals surface area contributed by atoms with E-state index in [9.17, 15) is 4.79 Å². The number of nitrogens with zero attached hydrogens (tertiary/aromatic N) is 2. The first-order chi connectivity index (χ1) is 9.63. The van der Waals surface area contributed by atoms with Gasteiger partial charge in [0.1, 0.15) is 5.82 Å². The normalized spacial score (nSPS) is 10.8. The van der Waals surface area contributed by atoms with Crippen LogP contribution in [0.4, 0.5) is 0 Å². The minimum Gasteiger partial charge on any atom is -0.478 e. The quantitative estimate of drug-likeness (QED) is 0.804. The average Bonchev–Trinajstić information content (AvgIpc) is 2.81. The standard InChI is InChI=1S/C15H11ClN2O2/c16-12-3-1-2-10(6-12)7-14-17-9-13-8-11(15(19)20)4-5-18(13)14/h1-6,8-9H,7H2,(H,19,20). The molecule has 0 atom stereocenters. The number of carboxylic acid groups (broad SMARTS) is 1. The summed E-state index contributed by atoms with van der Waals surface area (Å²) < 4.78 is 1.88. The number of carboxylic acids is 1. The Balaban J connectivity index is 1.98. The van der Waals surface area contributed by atoms with Crippen molar-refractivity contribution >= 4 is 23.1 Å². The molecule has 0 unspecified atom stereocenters. The Morgan fingerprint density at radius 1 is 1.30 bits per heavy atom. The Labute approximate surface area is 120 Å². The molecule has 0 aliphatic rings. The largest absolute Gasteiger partial charge is 0.478 e. The number of aromatic carboxylic acids is 1. The molecule has 100 valence electrons. The van der Waals surface area contributed by atoms with Crippen LogP contribution in [0.3, 0.4) is 0 Å². The first kappa shape index (κ1) is 12.7. The zero-order valence-corrected chi connectivity index (χ0v) is 11.2. The van der Waals surface area contributed by atoms with Crippen LogP contribution >= 0.6 is 11.6 Å². The molecule has 0 saturated carbocycles. The van der Waals surface area contributed by atoms with E-state index in [1.165, 1.54) is 0 Å². The van der Waals surface area contributed by atoms with Gasteiger partial charge in [-0.2, -0.15) is 0 Å². The van der Waals surface area contributed by atoms with Crippen molar-refractivity contribution in [3.63, 3.8) is 0 Å². The molecule has 0 aliphatic carbocycles. The monoisotopic (exact) mass is 286 g/mol. The molecule has 0 aliphatic heterocycles. The van der Waals surface area contributed by atoms with E-state index >= 15 is 0 Å². The Morgan fingerprint density at radius 3 is 2.90 bits per heavy atom. The fourth-order valence-corrected chi connectivity index (χ4v) is 2.36. The van der Waals surface area contributed by atoms with Gasteiger partial charge in [0, 0.05) is 17.6 Å². The number of halogens is 1. The third-order valence-electron chi connectivity index (χ3n) is 3.11. The summed E-state index contributed by atoms with van der Waals surface area (Å²) in [5.41, 5.74) is 2.08. The van der Waals surface area contributed by atoms with Gasteiger partial charge in [0.05, 0.1) is 17.3 Å². The predicted octanol–water partition coefficient (Wildman–Crippen LogP) is 3.28. The summed E-state index contributed by atoms with van der Waals surface area (Å²) in [6, 6.07) is 10.8. The molecule has 0 saturated heterocycles. The van der Waals surface area contributed by atoms with Gasteiger partial charge in [-0.05, 0) is 29.8 Å². The van der Waals surface area contributed by atoms with Crippen LogP contribution in [0.25, 0.3) is 5.52 Å². The van der Waals surface area contributed by atoms with Gasteiger partial charge in [-0.3, -0.25) is 0 Å². The predicted molar refractivity (Wildman–Crippen MR) is 76.4 cm³/mol. The molecule has 0 radical (unpaired) electrons. The van der Waals surface area contributed by atoms with Gasteiger partial charge in [0.2, 0.25) is 0 Å². The third kappa shape index (κ3) is 2.38. The molecule has 2 heterocycles. The van der Waals surface area contributed by atoms with E-state index in [4.69, 9.17) is 16.7 Å². The van der Waals surface area contributed by atoms with Crippen LogP contribution in [0.1, 0.15) is 21.7 Å². The van der Waals surface area contributed by atoms with Crippen LogP contribution in [0, 0.1) is 0 Å². The van der Waals surface area contributed by atoms with E-state index in [1.807, 2.05) is 28.7 Å². The molecule has 0 fully saturated rings. The summed E-state index contributed by atoms with van der Waals surface area (Å²) in [6.07, 6.45) is 4.04. The fourth-order valence-electron chi connectivity index (χ4n) is 2.15. The maximum absolute atomic E-state index is 10.9. The summed E-state index contributed by atoms with van der Waals surface area (Å²) >= 11 is 5.97. The van der Waals surface area contributed by atoms with Crippen molar-refractivity contribution in [1.29, 1.82) is 0 Å². The summed E-state index contributed by atoms with van der Waals surface area (Å²) in [7, 11) is 0. The summed E-state index contributed by atoms with van der Waals surface area (Å²) in [4.78, 5) is 15.3. The first-order valence-corrected chi connectivity index (χ1v) is 6.45. The summed E-state index contributed by atoms with van der Waals surface area (Å²) in [5, 5.41) is 9.66. The summed E-state index contributed by atoms with van der Waals surface area (Å²) in [5.74, 6) is -0.0932. The lowest BCUT2D eigenvalue weighted by Gasteiger charge is -2.03. The molecule has 4 nitrogen and oxygen atoms in total. The molecule has 2 aromatic heterocycles. The Kier molecular flexibility index (Phi) is 3.16. The number of hydrogen-bond acceptors (Lipinski definition) is 2. The van der Waals surface area contributed by atoms with Crippen LogP contribution < -0.4 is 0 Å². The van der Waals surface area contributed by atoms with Crippen molar-refractivity contribution in [1.82, 2.24) is 9.38 Å². The van der Waals surface area contributed by atoms with Crippen molar-refractivity contribution < 1.29 is 9.90 Å². The van der Waals surface area contributed by atoms with Gasteiger partial charge < -0.3 is 9.51 Å². The van der Waals surface area contributed by atoms with Crippen LogP contribution in [0.5, 0.6) is 0 Å². The van der Waals surface area contributed by atoms with E-state index < -0.39 is 5.97 Å². The van der Waals surface area contributed by atoms with Crippen molar-refractivity contribution in [2.45, 2.75) is 6.42 Å². The lowest BCUT2D eigenvalue weighted by Crippen LogP contribution is -2.00. The van der Waals surface area contributed by atoms with Crippen LogP contribution in [0.2, 0.25) is 5.02 Å². The number of benzene rings is 1. The van der Waals surface area contributed by atoms with E-state index in [0.717, 1.165) is 16.9 Å². The molecule has 1 aromatic carbocycles. The van der Waals surface area contributed by atoms with Gasteiger partial charge in [-0.1, -0.05) is 23.7 Å². The number of imidazole rings is 1. The maximum atomic E-state index is 10.9. The average molecular weight is 287 g/mol. The number of fused-ring (bicyclic) bond motifs is 1. The van der Waals surface area contributed by atoms with Gasteiger partial charge in [-0.15, -0.1) is 0 Å². The highest BCUT2D eigenvalue weighted by Gasteiger charge is 2.08. The minimum absolute atomic E-state index is 0.256. The Morgan fingerprint density at radius 2 is 2.15 bits per heavy atom. The SMILES string of the molecule is O=C(O)c1ccn2c(Cc3cccc(Cl)c3)ncc2c1. The van der Waals surface area contributed by atoms with Crippen LogP contribution in [0.15, 0.2) is 48.8 Å². The van der Waals surface area contributed by atoms with Gasteiger partial charge in [0.15, 0.2) is 0 Å². The number of pyridine rings is 1. The van der Waals surface area contributed by atoms with E-state index in [0.29, 0.717) is 11.4 Å². The van der Waals surface area contributed by atoms with Crippen molar-refractivity contribution in [3.8, 4) is 0 Å². The van der Waals surface area contributed by atoms with E-state index in [2.05, 4.69) is 4.98 Å². The zero-order chi connectivity index (χ0) is 14.1. The maximum Gasteiger partial charge on any atom is 0.335 e. The molecule has 5 heteroatoms. The molecule has 20 heavy (non-hydrogen) atoms. The second kappa shape index (κ2) is 4.98. The van der Waals surface area contributed by atoms with Gasteiger partial charge >= 0.3 is 5.97 Å².